The van der Waals surface area contributed by atoms with Gasteiger partial charge in [-0.2, -0.15) is 0 Å². The zero-order chi connectivity index (χ0) is 10.6. The highest BCUT2D eigenvalue weighted by molar-refractivity contribution is 6.39. The van der Waals surface area contributed by atoms with Gasteiger partial charge in [0.05, 0.1) is 15.7 Å². The van der Waals surface area contributed by atoms with E-state index in [0.717, 1.165) is 17.7 Å². The number of halogens is 2. The quantitative estimate of drug-likeness (QED) is 0.757. The Morgan fingerprint density at radius 3 is 2.43 bits per heavy atom. The lowest BCUT2D eigenvalue weighted by Crippen LogP contribution is -2.04. The monoisotopic (exact) mass is 229 g/mol. The van der Waals surface area contributed by atoms with Gasteiger partial charge in [-0.3, -0.25) is 0 Å². The third-order valence-corrected chi connectivity index (χ3v) is 2.61. The lowest BCUT2D eigenvalue weighted by atomic mass is 10.2. The van der Waals surface area contributed by atoms with Crippen LogP contribution in [0.4, 0.5) is 5.69 Å². The van der Waals surface area contributed by atoms with Gasteiger partial charge in [0.15, 0.2) is 0 Å². The predicted octanol–water partition coefficient (Wildman–Crippen LogP) is 4.37. The zero-order valence-electron chi connectivity index (χ0n) is 8.11. The summed E-state index contributed by atoms with van der Waals surface area (Å²) in [5.74, 6) is 0. The highest BCUT2D eigenvalue weighted by atomic mass is 35.5. The smallest absolute Gasteiger partial charge is 0.0721 e. The molecule has 0 aliphatic rings. The van der Waals surface area contributed by atoms with E-state index in [-0.39, 0.29) is 0 Å². The fraction of sp³-hybridized carbons (Fsp3) is 0.273. The molecule has 0 fully saturated rings. The Hall–Kier alpha value is -0.660. The minimum absolute atomic E-state index is 0.640. The highest BCUT2D eigenvalue weighted by Gasteiger charge is 2.03. The van der Waals surface area contributed by atoms with E-state index in [4.69, 9.17) is 23.2 Å². The summed E-state index contributed by atoms with van der Waals surface area (Å²) < 4.78 is 0. The lowest BCUT2D eigenvalue weighted by Gasteiger charge is -2.10. The van der Waals surface area contributed by atoms with Crippen LogP contribution >= 0.6 is 23.2 Å². The van der Waals surface area contributed by atoms with Gasteiger partial charge in [-0.25, -0.2) is 0 Å². The van der Waals surface area contributed by atoms with Crippen LogP contribution in [0.25, 0.3) is 0 Å². The largest absolute Gasteiger partial charge is 0.379 e. The second-order valence-electron chi connectivity index (χ2n) is 3.05. The molecule has 0 saturated heterocycles. The van der Waals surface area contributed by atoms with Crippen LogP contribution in [-0.2, 0) is 0 Å². The molecule has 1 aromatic rings. The average molecular weight is 230 g/mol. The van der Waals surface area contributed by atoms with Crippen LogP contribution in [0.2, 0.25) is 10.0 Å². The van der Waals surface area contributed by atoms with Crippen molar-refractivity contribution < 1.29 is 0 Å². The third-order valence-electron chi connectivity index (χ3n) is 1.98. The average Bonchev–Trinajstić information content (AvgIpc) is 2.16. The maximum absolute atomic E-state index is 5.98. The van der Waals surface area contributed by atoms with Crippen LogP contribution in [0, 0.1) is 0 Å². The van der Waals surface area contributed by atoms with E-state index in [1.165, 1.54) is 0 Å². The van der Waals surface area contributed by atoms with Crippen LogP contribution in [0.3, 0.4) is 0 Å². The van der Waals surface area contributed by atoms with Crippen LogP contribution in [0.15, 0.2) is 30.4 Å². The molecule has 0 atom stereocenters. The first-order valence-electron chi connectivity index (χ1n) is 4.49. The molecule has 0 bridgehead atoms. The second kappa shape index (κ2) is 5.28. The molecule has 3 heteroatoms. The van der Waals surface area contributed by atoms with E-state index >= 15 is 0 Å². The third kappa shape index (κ3) is 2.93. The van der Waals surface area contributed by atoms with Crippen molar-refractivity contribution in [2.75, 3.05) is 11.9 Å². The molecule has 1 nitrogen and oxygen atoms in total. The van der Waals surface area contributed by atoms with E-state index in [2.05, 4.69) is 18.8 Å². The van der Waals surface area contributed by atoms with Crippen molar-refractivity contribution in [1.82, 2.24) is 0 Å². The maximum Gasteiger partial charge on any atom is 0.0721 e. The van der Waals surface area contributed by atoms with E-state index in [1.807, 2.05) is 18.2 Å². The Morgan fingerprint density at radius 1 is 1.36 bits per heavy atom. The minimum Gasteiger partial charge on any atom is -0.379 e. The van der Waals surface area contributed by atoms with Gasteiger partial charge >= 0.3 is 0 Å². The first-order valence-corrected chi connectivity index (χ1v) is 5.25. The van der Waals surface area contributed by atoms with Gasteiger partial charge in [-0.05, 0) is 18.6 Å². The van der Waals surface area contributed by atoms with Crippen molar-refractivity contribution in [1.29, 1.82) is 0 Å². The molecule has 1 aromatic carbocycles. The normalized spacial score (nSPS) is 9.93. The molecule has 76 valence electrons. The number of hydrogen-bond acceptors (Lipinski definition) is 1. The molecule has 0 saturated carbocycles. The van der Waals surface area contributed by atoms with Gasteiger partial charge in [0, 0.05) is 6.54 Å². The van der Waals surface area contributed by atoms with Gasteiger partial charge in [0.1, 0.15) is 0 Å². The molecule has 0 aromatic heterocycles. The summed E-state index contributed by atoms with van der Waals surface area (Å²) in [4.78, 5) is 0. The van der Waals surface area contributed by atoms with Crippen molar-refractivity contribution in [2.45, 2.75) is 13.3 Å². The Bertz CT molecular complexity index is 314. The van der Waals surface area contributed by atoms with Crippen LogP contribution in [0.1, 0.15) is 13.3 Å². The Balaban J connectivity index is 2.71. The fourth-order valence-electron chi connectivity index (χ4n) is 1.01. The Labute approximate surface area is 94.7 Å². The summed E-state index contributed by atoms with van der Waals surface area (Å²) in [5.41, 5.74) is 1.91. The second-order valence-corrected chi connectivity index (χ2v) is 3.87. The van der Waals surface area contributed by atoms with E-state index < -0.39 is 0 Å². The standard InChI is InChI=1S/C11H13Cl2N/c1-3-8(2)7-14-11-9(12)5-4-6-10(11)13/h4-6,14H,2-3,7H2,1H3. The number of benzene rings is 1. The molecule has 1 N–H and O–H groups in total. The lowest BCUT2D eigenvalue weighted by molar-refractivity contribution is 1.05. The predicted molar refractivity (Wildman–Crippen MR) is 64.4 cm³/mol. The van der Waals surface area contributed by atoms with Gasteiger partial charge in [-0.1, -0.05) is 48.3 Å². The topological polar surface area (TPSA) is 12.0 Å². The molecule has 0 spiro atoms. The molecule has 0 heterocycles. The maximum atomic E-state index is 5.98. The molecule has 0 radical (unpaired) electrons. The van der Waals surface area contributed by atoms with Crippen LogP contribution in [0.5, 0.6) is 0 Å². The van der Waals surface area contributed by atoms with E-state index in [1.54, 1.807) is 0 Å². The van der Waals surface area contributed by atoms with Gasteiger partial charge in [0.2, 0.25) is 0 Å². The summed E-state index contributed by atoms with van der Waals surface area (Å²) >= 11 is 12.0. The SMILES string of the molecule is C=C(CC)CNc1c(Cl)cccc1Cl. The number of hydrogen-bond donors (Lipinski definition) is 1. The van der Waals surface area contributed by atoms with Crippen LogP contribution in [-0.4, -0.2) is 6.54 Å². The van der Waals surface area contributed by atoms with Gasteiger partial charge in [0.25, 0.3) is 0 Å². The Kier molecular flexibility index (Phi) is 4.30. The van der Waals surface area contributed by atoms with Gasteiger partial charge in [-0.15, -0.1) is 0 Å². The molecule has 0 aliphatic heterocycles. The fourth-order valence-corrected chi connectivity index (χ4v) is 1.54. The summed E-state index contributed by atoms with van der Waals surface area (Å²) in [5, 5.41) is 4.45. The first kappa shape index (κ1) is 11.4. The van der Waals surface area contributed by atoms with Gasteiger partial charge < -0.3 is 5.32 Å². The zero-order valence-corrected chi connectivity index (χ0v) is 9.62. The molecule has 14 heavy (non-hydrogen) atoms. The van der Waals surface area contributed by atoms with E-state index in [0.29, 0.717) is 16.6 Å². The summed E-state index contributed by atoms with van der Waals surface area (Å²) in [7, 11) is 0. The molecular formula is C11H13Cl2N. The number of rotatable bonds is 4. The first-order chi connectivity index (χ1) is 6.65. The summed E-state index contributed by atoms with van der Waals surface area (Å²) in [6, 6.07) is 5.44. The molecule has 0 unspecified atom stereocenters. The summed E-state index contributed by atoms with van der Waals surface area (Å²) in [6.07, 6.45) is 0.953. The Morgan fingerprint density at radius 2 is 1.93 bits per heavy atom. The summed E-state index contributed by atoms with van der Waals surface area (Å²) in [6.45, 7) is 6.67. The number of para-hydroxylation sites is 1. The van der Waals surface area contributed by atoms with Crippen molar-refractivity contribution in [3.05, 3.63) is 40.4 Å². The highest BCUT2D eigenvalue weighted by Crippen LogP contribution is 2.29. The van der Waals surface area contributed by atoms with Crippen molar-refractivity contribution in [3.8, 4) is 0 Å². The van der Waals surface area contributed by atoms with E-state index in [9.17, 15) is 0 Å². The molecule has 0 aliphatic carbocycles. The number of nitrogens with one attached hydrogen (secondary N) is 1. The molecule has 0 amide bonds. The van der Waals surface area contributed by atoms with Crippen LogP contribution < -0.4 is 5.32 Å². The minimum atomic E-state index is 0.640. The van der Waals surface area contributed by atoms with Crippen molar-refractivity contribution in [3.63, 3.8) is 0 Å². The molecule has 1 rings (SSSR count). The van der Waals surface area contributed by atoms with Crippen molar-refractivity contribution >= 4 is 28.9 Å². The van der Waals surface area contributed by atoms with Crippen molar-refractivity contribution in [2.24, 2.45) is 0 Å². The number of anilines is 1. The molecular weight excluding hydrogens is 217 g/mol.